The predicted octanol–water partition coefficient (Wildman–Crippen LogP) is 4.69. The first-order chi connectivity index (χ1) is 16.9. The lowest BCUT2D eigenvalue weighted by Gasteiger charge is -2.37. The van der Waals surface area contributed by atoms with Crippen LogP contribution in [-0.4, -0.2) is 47.7 Å². The number of thiazole rings is 1. The Kier molecular flexibility index (Phi) is 6.82. The van der Waals surface area contributed by atoms with Gasteiger partial charge in [-0.05, 0) is 43.4 Å². The summed E-state index contributed by atoms with van der Waals surface area (Å²) >= 11 is 7.07. The number of fused-ring (bicyclic) bond motifs is 1. The molecule has 4 aromatic rings. The number of carbonyl (C=O) groups is 1. The second-order valence-corrected chi connectivity index (χ2v) is 11.0. The molecule has 2 N–H and O–H groups in total. The molecule has 1 aliphatic carbocycles. The van der Waals surface area contributed by atoms with Gasteiger partial charge in [-0.15, -0.1) is 0 Å². The van der Waals surface area contributed by atoms with Gasteiger partial charge in [0.25, 0.3) is 5.91 Å². The van der Waals surface area contributed by atoms with E-state index in [9.17, 15) is 9.90 Å². The van der Waals surface area contributed by atoms with Gasteiger partial charge in [-0.1, -0.05) is 42.9 Å². The number of rotatable bonds is 6. The molecule has 0 radical (unpaired) electrons. The highest BCUT2D eigenvalue weighted by Gasteiger charge is 2.36. The fourth-order valence-electron chi connectivity index (χ4n) is 4.77. The number of hydrogen-bond acceptors (Lipinski definition) is 7. The van der Waals surface area contributed by atoms with E-state index in [1.165, 1.54) is 6.20 Å². The Balaban J connectivity index is 1.51. The molecule has 0 saturated heterocycles. The number of pyridine rings is 2. The fourth-order valence-corrected chi connectivity index (χ4v) is 5.58. The number of aromatic nitrogens is 5. The molecule has 2 unspecified atom stereocenters. The zero-order valence-electron chi connectivity index (χ0n) is 19.6. The van der Waals surface area contributed by atoms with Crippen LogP contribution >= 0.6 is 22.9 Å². The molecule has 0 aromatic carbocycles. The molecule has 4 aromatic heterocycles. The number of imidazole rings is 1. The summed E-state index contributed by atoms with van der Waals surface area (Å²) in [5.41, 5.74) is 3.24. The first kappa shape index (κ1) is 23.8. The molecule has 5 rings (SSSR count). The molecule has 1 amide bonds. The molecule has 0 bridgehead atoms. The Morgan fingerprint density at radius 2 is 2.09 bits per heavy atom. The summed E-state index contributed by atoms with van der Waals surface area (Å²) in [6.07, 6.45) is 7.32. The molecule has 3 atom stereocenters. The number of nitrogens with zero attached hydrogens (tertiary/aromatic N) is 5. The average molecular weight is 511 g/mol. The zero-order chi connectivity index (χ0) is 24.5. The molecule has 0 aliphatic heterocycles. The molecular formula is C25H27ClN6O2S. The quantitative estimate of drug-likeness (QED) is 0.390. The number of halogens is 1. The zero-order valence-corrected chi connectivity index (χ0v) is 21.1. The van der Waals surface area contributed by atoms with Gasteiger partial charge in [0.1, 0.15) is 15.7 Å². The standard InChI is InChI=1S/C25H27ClN6O2S/c1-14(2)10-22-30-18-12-28-17(15-6-3-4-9-27-15)11-20(18)32(22)19-8-5-7-16(23(19)33)31-24(34)25-29-13-21(26)35-25/h3-4,6,9,11-14,16,19,23,33H,5,7-8,10H2,1-2H3,(H,31,34)/t16?,19?,23-/m0/s1. The Labute approximate surface area is 212 Å². The predicted molar refractivity (Wildman–Crippen MR) is 137 cm³/mol. The van der Waals surface area contributed by atoms with E-state index in [1.807, 2.05) is 24.3 Å². The lowest BCUT2D eigenvalue weighted by Crippen LogP contribution is -2.49. The Morgan fingerprint density at radius 1 is 1.23 bits per heavy atom. The monoisotopic (exact) mass is 510 g/mol. The molecular weight excluding hydrogens is 484 g/mol. The summed E-state index contributed by atoms with van der Waals surface area (Å²) in [6.45, 7) is 4.31. The van der Waals surface area contributed by atoms with E-state index in [1.54, 1.807) is 12.4 Å². The molecule has 182 valence electrons. The Bertz CT molecular complexity index is 1340. The first-order valence-corrected chi connectivity index (χ1v) is 13.0. The van der Waals surface area contributed by atoms with E-state index in [4.69, 9.17) is 16.6 Å². The number of aliphatic hydroxyl groups is 1. The summed E-state index contributed by atoms with van der Waals surface area (Å²) in [6, 6.07) is 7.11. The highest BCUT2D eigenvalue weighted by atomic mass is 35.5. The molecule has 0 spiro atoms. The Hall–Kier alpha value is -2.88. The van der Waals surface area contributed by atoms with Gasteiger partial charge in [0.15, 0.2) is 5.01 Å². The van der Waals surface area contributed by atoms with E-state index >= 15 is 0 Å². The molecule has 1 fully saturated rings. The van der Waals surface area contributed by atoms with Crippen LogP contribution in [0.5, 0.6) is 0 Å². The van der Waals surface area contributed by atoms with Crippen LogP contribution in [-0.2, 0) is 6.42 Å². The maximum atomic E-state index is 12.7. The van der Waals surface area contributed by atoms with Crippen molar-refractivity contribution in [2.45, 2.75) is 57.7 Å². The Morgan fingerprint density at radius 3 is 2.80 bits per heavy atom. The van der Waals surface area contributed by atoms with Gasteiger partial charge in [-0.3, -0.25) is 14.8 Å². The van der Waals surface area contributed by atoms with Gasteiger partial charge in [-0.2, -0.15) is 0 Å². The van der Waals surface area contributed by atoms with Crippen LogP contribution in [0, 0.1) is 5.92 Å². The fraction of sp³-hybridized carbons (Fsp3) is 0.400. The van der Waals surface area contributed by atoms with E-state index < -0.39 is 12.1 Å². The van der Waals surface area contributed by atoms with E-state index in [0.717, 1.165) is 58.8 Å². The summed E-state index contributed by atoms with van der Waals surface area (Å²) in [4.78, 5) is 30.7. The van der Waals surface area contributed by atoms with Crippen LogP contribution in [0.1, 0.15) is 54.8 Å². The van der Waals surface area contributed by atoms with Crippen LogP contribution in [0.15, 0.2) is 42.9 Å². The minimum absolute atomic E-state index is 0.230. The summed E-state index contributed by atoms with van der Waals surface area (Å²) in [5, 5.41) is 14.7. The number of hydrogen-bond donors (Lipinski definition) is 2. The number of nitrogens with one attached hydrogen (secondary N) is 1. The maximum absolute atomic E-state index is 12.7. The lowest BCUT2D eigenvalue weighted by molar-refractivity contribution is 0.0402. The highest BCUT2D eigenvalue weighted by Crippen LogP contribution is 2.35. The summed E-state index contributed by atoms with van der Waals surface area (Å²) in [5.74, 6) is 0.989. The van der Waals surface area contributed by atoms with Crippen molar-refractivity contribution in [2.24, 2.45) is 5.92 Å². The van der Waals surface area contributed by atoms with Crippen molar-refractivity contribution in [3.63, 3.8) is 0 Å². The van der Waals surface area contributed by atoms with Gasteiger partial charge >= 0.3 is 0 Å². The number of carbonyl (C=O) groups excluding carboxylic acids is 1. The molecule has 4 heterocycles. The third-order valence-corrected chi connectivity index (χ3v) is 7.42. The SMILES string of the molecule is CC(C)Cc1nc2cnc(-c3ccccn3)cc2n1C1CCCC(NC(=O)c2ncc(Cl)s2)[C@@H]1O. The topological polar surface area (TPSA) is 106 Å². The number of aliphatic hydroxyl groups excluding tert-OH is 1. The van der Waals surface area contributed by atoms with Crippen LogP contribution in [0.2, 0.25) is 4.34 Å². The molecule has 1 aliphatic rings. The van der Waals surface area contributed by atoms with Crippen molar-refractivity contribution in [1.82, 2.24) is 29.8 Å². The summed E-state index contributed by atoms with van der Waals surface area (Å²) in [7, 11) is 0. The smallest absolute Gasteiger partial charge is 0.280 e. The second-order valence-electron chi connectivity index (χ2n) is 9.31. The molecule has 35 heavy (non-hydrogen) atoms. The molecule has 10 heteroatoms. The van der Waals surface area contributed by atoms with Gasteiger partial charge in [0.2, 0.25) is 0 Å². The van der Waals surface area contributed by atoms with E-state index in [0.29, 0.717) is 21.7 Å². The normalized spacial score (nSPS) is 20.4. The minimum Gasteiger partial charge on any atom is -0.389 e. The van der Waals surface area contributed by atoms with Gasteiger partial charge in [0, 0.05) is 12.6 Å². The average Bonchev–Trinajstić information content (AvgIpc) is 3.43. The van der Waals surface area contributed by atoms with E-state index in [2.05, 4.69) is 38.7 Å². The molecule has 8 nitrogen and oxygen atoms in total. The van der Waals surface area contributed by atoms with Gasteiger partial charge in [0.05, 0.1) is 47.5 Å². The van der Waals surface area contributed by atoms with Crippen LogP contribution in [0.3, 0.4) is 0 Å². The summed E-state index contributed by atoms with van der Waals surface area (Å²) < 4.78 is 2.62. The first-order valence-electron chi connectivity index (χ1n) is 11.8. The third kappa shape index (κ3) is 4.94. The van der Waals surface area contributed by atoms with Crippen LogP contribution in [0.4, 0.5) is 0 Å². The van der Waals surface area contributed by atoms with Crippen molar-refractivity contribution in [3.05, 3.63) is 58.0 Å². The maximum Gasteiger partial charge on any atom is 0.280 e. The van der Waals surface area contributed by atoms with Crippen molar-refractivity contribution in [3.8, 4) is 11.4 Å². The van der Waals surface area contributed by atoms with Crippen LogP contribution < -0.4 is 5.32 Å². The number of amides is 1. The van der Waals surface area contributed by atoms with Crippen molar-refractivity contribution in [2.75, 3.05) is 0 Å². The highest BCUT2D eigenvalue weighted by molar-refractivity contribution is 7.17. The second kappa shape index (κ2) is 10.0. The third-order valence-electron chi connectivity index (χ3n) is 6.31. The van der Waals surface area contributed by atoms with Crippen molar-refractivity contribution >= 4 is 39.9 Å². The van der Waals surface area contributed by atoms with Crippen molar-refractivity contribution < 1.29 is 9.90 Å². The van der Waals surface area contributed by atoms with Crippen molar-refractivity contribution in [1.29, 1.82) is 0 Å². The minimum atomic E-state index is -0.780. The molecule has 1 saturated carbocycles. The van der Waals surface area contributed by atoms with E-state index in [-0.39, 0.29) is 11.9 Å². The van der Waals surface area contributed by atoms with Gasteiger partial charge in [-0.25, -0.2) is 9.97 Å². The van der Waals surface area contributed by atoms with Gasteiger partial charge < -0.3 is 15.0 Å². The van der Waals surface area contributed by atoms with Crippen LogP contribution in [0.25, 0.3) is 22.4 Å². The lowest BCUT2D eigenvalue weighted by atomic mass is 9.87. The largest absolute Gasteiger partial charge is 0.389 e.